The molecule has 0 saturated carbocycles. The van der Waals surface area contributed by atoms with Crippen LogP contribution >= 0.6 is 23.7 Å². The number of rotatable bonds is 2. The molecular formula is C10H11ClFN5S. The van der Waals surface area contributed by atoms with Crippen LogP contribution in [0.2, 0.25) is 0 Å². The molecule has 0 aliphatic carbocycles. The fourth-order valence-electron chi connectivity index (χ4n) is 1.35. The highest BCUT2D eigenvalue weighted by Crippen LogP contribution is 2.30. The second-order valence-corrected chi connectivity index (χ2v) is 4.34. The molecule has 8 heteroatoms. The Morgan fingerprint density at radius 1 is 1.33 bits per heavy atom. The normalized spacial score (nSPS) is 9.67. The van der Waals surface area contributed by atoms with Crippen molar-refractivity contribution >= 4 is 34.8 Å². The molecule has 0 unspecified atom stereocenters. The van der Waals surface area contributed by atoms with Crippen molar-refractivity contribution in [1.29, 1.82) is 0 Å². The standard InChI is InChI=1S/C10H10FN5S.ClH/c1-5-4-6(11)2-3-7(5)8-15-16-10(17-8)14-9(12)13;/h2-4H,1H3,(H4,12,13,14,16);1H. The maximum Gasteiger partial charge on any atom is 0.235 e. The fraction of sp³-hybridized carbons (Fsp3) is 0.100. The first-order chi connectivity index (χ1) is 8.06. The topological polar surface area (TPSA) is 90.2 Å². The molecule has 0 aliphatic heterocycles. The third-order valence-electron chi connectivity index (χ3n) is 2.06. The van der Waals surface area contributed by atoms with E-state index in [4.69, 9.17) is 11.5 Å². The van der Waals surface area contributed by atoms with Gasteiger partial charge in [-0.1, -0.05) is 11.3 Å². The Morgan fingerprint density at radius 3 is 2.67 bits per heavy atom. The van der Waals surface area contributed by atoms with Gasteiger partial charge in [0, 0.05) is 5.56 Å². The number of nitrogens with zero attached hydrogens (tertiary/aromatic N) is 3. The molecule has 5 nitrogen and oxygen atoms in total. The number of nitrogens with two attached hydrogens (primary N) is 2. The highest BCUT2D eigenvalue weighted by atomic mass is 35.5. The van der Waals surface area contributed by atoms with Gasteiger partial charge in [-0.15, -0.1) is 22.6 Å². The van der Waals surface area contributed by atoms with Crippen LogP contribution in [-0.2, 0) is 0 Å². The minimum Gasteiger partial charge on any atom is -0.370 e. The summed E-state index contributed by atoms with van der Waals surface area (Å²) in [6.07, 6.45) is 0. The van der Waals surface area contributed by atoms with Crippen LogP contribution in [0.4, 0.5) is 9.52 Å². The summed E-state index contributed by atoms with van der Waals surface area (Å²) in [7, 11) is 0. The molecule has 1 aromatic heterocycles. The van der Waals surface area contributed by atoms with E-state index in [1.165, 1.54) is 23.5 Å². The highest BCUT2D eigenvalue weighted by Gasteiger charge is 2.09. The van der Waals surface area contributed by atoms with Crippen molar-refractivity contribution in [2.75, 3.05) is 0 Å². The fourth-order valence-corrected chi connectivity index (χ4v) is 2.17. The largest absolute Gasteiger partial charge is 0.370 e. The van der Waals surface area contributed by atoms with Crippen LogP contribution in [0.1, 0.15) is 5.56 Å². The average Bonchev–Trinajstić information content (AvgIpc) is 2.65. The Kier molecular flexibility index (Phi) is 4.57. The first-order valence-electron chi connectivity index (χ1n) is 4.76. The molecule has 0 atom stereocenters. The Bertz CT molecular complexity index is 579. The van der Waals surface area contributed by atoms with Crippen molar-refractivity contribution in [3.63, 3.8) is 0 Å². The van der Waals surface area contributed by atoms with Crippen molar-refractivity contribution in [2.24, 2.45) is 16.5 Å². The lowest BCUT2D eigenvalue weighted by Crippen LogP contribution is -2.21. The lowest BCUT2D eigenvalue weighted by atomic mass is 10.1. The molecule has 0 radical (unpaired) electrons. The zero-order valence-electron chi connectivity index (χ0n) is 9.42. The maximum absolute atomic E-state index is 13.0. The molecule has 0 bridgehead atoms. The van der Waals surface area contributed by atoms with Gasteiger partial charge in [-0.3, -0.25) is 0 Å². The van der Waals surface area contributed by atoms with Crippen molar-refractivity contribution < 1.29 is 4.39 Å². The van der Waals surface area contributed by atoms with Crippen LogP contribution in [0.3, 0.4) is 0 Å². The Hall–Kier alpha value is -1.73. The van der Waals surface area contributed by atoms with Gasteiger partial charge in [0.15, 0.2) is 5.96 Å². The van der Waals surface area contributed by atoms with Crippen LogP contribution in [0.5, 0.6) is 0 Å². The van der Waals surface area contributed by atoms with Crippen LogP contribution in [0.15, 0.2) is 23.2 Å². The van der Waals surface area contributed by atoms with E-state index in [9.17, 15) is 4.39 Å². The van der Waals surface area contributed by atoms with Crippen molar-refractivity contribution in [3.8, 4) is 10.6 Å². The summed E-state index contributed by atoms with van der Waals surface area (Å²) in [6.45, 7) is 1.81. The van der Waals surface area contributed by atoms with E-state index in [-0.39, 0.29) is 24.2 Å². The summed E-state index contributed by atoms with van der Waals surface area (Å²) in [4.78, 5) is 3.80. The number of halogens is 2. The first kappa shape index (κ1) is 14.3. The van der Waals surface area contributed by atoms with E-state index in [0.717, 1.165) is 11.1 Å². The number of hydrogen-bond donors (Lipinski definition) is 2. The number of aryl methyl sites for hydroxylation is 1. The van der Waals surface area contributed by atoms with Crippen LogP contribution in [-0.4, -0.2) is 16.2 Å². The molecule has 0 saturated heterocycles. The summed E-state index contributed by atoms with van der Waals surface area (Å²) in [5.41, 5.74) is 12.1. The van der Waals surface area contributed by atoms with Gasteiger partial charge in [-0.05, 0) is 30.7 Å². The molecule has 1 aromatic carbocycles. The molecule has 96 valence electrons. The van der Waals surface area contributed by atoms with E-state index in [0.29, 0.717) is 10.1 Å². The summed E-state index contributed by atoms with van der Waals surface area (Å²) < 4.78 is 13.0. The number of aromatic nitrogens is 2. The van der Waals surface area contributed by atoms with Crippen molar-refractivity contribution in [3.05, 3.63) is 29.6 Å². The zero-order valence-corrected chi connectivity index (χ0v) is 11.1. The van der Waals surface area contributed by atoms with Crippen LogP contribution in [0, 0.1) is 12.7 Å². The third-order valence-corrected chi connectivity index (χ3v) is 2.91. The molecular weight excluding hydrogens is 277 g/mol. The smallest absolute Gasteiger partial charge is 0.235 e. The SMILES string of the molecule is Cc1cc(F)ccc1-c1nnc(N=C(N)N)s1.Cl. The van der Waals surface area contributed by atoms with Gasteiger partial charge in [0.25, 0.3) is 0 Å². The number of hydrogen-bond acceptors (Lipinski definition) is 4. The van der Waals surface area contributed by atoms with Crippen LogP contribution < -0.4 is 11.5 Å². The van der Waals surface area contributed by atoms with Gasteiger partial charge >= 0.3 is 0 Å². The van der Waals surface area contributed by atoms with Crippen molar-refractivity contribution in [2.45, 2.75) is 6.92 Å². The van der Waals surface area contributed by atoms with Gasteiger partial charge in [0.2, 0.25) is 5.13 Å². The highest BCUT2D eigenvalue weighted by molar-refractivity contribution is 7.18. The lowest BCUT2D eigenvalue weighted by Gasteiger charge is -2.00. The minimum atomic E-state index is -0.278. The second kappa shape index (κ2) is 5.74. The molecule has 0 amide bonds. The van der Waals surface area contributed by atoms with E-state index >= 15 is 0 Å². The van der Waals surface area contributed by atoms with Crippen LogP contribution in [0.25, 0.3) is 10.6 Å². The average molecular weight is 288 g/mol. The quantitative estimate of drug-likeness (QED) is 0.653. The zero-order chi connectivity index (χ0) is 12.4. The number of benzene rings is 1. The van der Waals surface area contributed by atoms with E-state index in [1.807, 2.05) is 0 Å². The number of guanidine groups is 1. The Morgan fingerprint density at radius 2 is 2.06 bits per heavy atom. The maximum atomic E-state index is 13.0. The van der Waals surface area contributed by atoms with E-state index in [2.05, 4.69) is 15.2 Å². The molecule has 0 aliphatic rings. The van der Waals surface area contributed by atoms with Gasteiger partial charge in [0.1, 0.15) is 10.8 Å². The molecule has 18 heavy (non-hydrogen) atoms. The van der Waals surface area contributed by atoms with E-state index in [1.54, 1.807) is 13.0 Å². The third kappa shape index (κ3) is 3.14. The lowest BCUT2D eigenvalue weighted by molar-refractivity contribution is 0.627. The summed E-state index contributed by atoms with van der Waals surface area (Å²) in [5.74, 6) is -0.344. The molecule has 1 heterocycles. The molecule has 4 N–H and O–H groups in total. The Balaban J connectivity index is 0.00000162. The van der Waals surface area contributed by atoms with E-state index < -0.39 is 0 Å². The molecule has 2 rings (SSSR count). The van der Waals surface area contributed by atoms with Gasteiger partial charge in [-0.25, -0.2) is 4.39 Å². The predicted molar refractivity (Wildman–Crippen MR) is 72.8 cm³/mol. The van der Waals surface area contributed by atoms with Gasteiger partial charge in [0.05, 0.1) is 0 Å². The predicted octanol–water partition coefficient (Wildman–Crippen LogP) is 1.98. The van der Waals surface area contributed by atoms with Crippen molar-refractivity contribution in [1.82, 2.24) is 10.2 Å². The summed E-state index contributed by atoms with van der Waals surface area (Å²) in [6, 6.07) is 4.48. The second-order valence-electron chi connectivity index (χ2n) is 3.39. The number of aliphatic imine (C=N–C) groups is 1. The first-order valence-corrected chi connectivity index (χ1v) is 5.57. The van der Waals surface area contributed by atoms with Gasteiger partial charge < -0.3 is 11.5 Å². The molecule has 0 spiro atoms. The minimum absolute atomic E-state index is 0. The Labute approximate surface area is 113 Å². The molecule has 2 aromatic rings. The summed E-state index contributed by atoms with van der Waals surface area (Å²) >= 11 is 1.24. The van der Waals surface area contributed by atoms with Gasteiger partial charge in [-0.2, -0.15) is 4.99 Å². The summed E-state index contributed by atoms with van der Waals surface area (Å²) in [5, 5.41) is 8.81. The monoisotopic (exact) mass is 287 g/mol. The molecule has 0 fully saturated rings.